The predicted octanol–water partition coefficient (Wildman–Crippen LogP) is 2.51. The Balaban J connectivity index is 1.39. The van der Waals surface area contributed by atoms with Crippen molar-refractivity contribution in [2.75, 3.05) is 6.54 Å². The largest absolute Gasteiger partial charge is 0.361 e. The van der Waals surface area contributed by atoms with E-state index >= 15 is 0 Å². The van der Waals surface area contributed by atoms with Crippen molar-refractivity contribution in [2.24, 2.45) is 0 Å². The second kappa shape index (κ2) is 7.79. The van der Waals surface area contributed by atoms with Gasteiger partial charge < -0.3 is 15.6 Å². The quantitative estimate of drug-likeness (QED) is 0.565. The van der Waals surface area contributed by atoms with Crippen LogP contribution in [0.4, 0.5) is 4.79 Å². The summed E-state index contributed by atoms with van der Waals surface area (Å²) in [5.41, 5.74) is 2.88. The van der Waals surface area contributed by atoms with Gasteiger partial charge in [0.1, 0.15) is 12.6 Å². The summed E-state index contributed by atoms with van der Waals surface area (Å²) < 4.78 is 0. The van der Waals surface area contributed by atoms with Crippen LogP contribution in [0.1, 0.15) is 24.1 Å². The van der Waals surface area contributed by atoms with E-state index in [0.717, 1.165) is 26.9 Å². The van der Waals surface area contributed by atoms with Gasteiger partial charge in [-0.2, -0.15) is 0 Å². The van der Waals surface area contributed by atoms with Crippen molar-refractivity contribution < 1.29 is 14.4 Å². The molecule has 1 fully saturated rings. The van der Waals surface area contributed by atoms with E-state index in [-0.39, 0.29) is 24.4 Å². The maximum absolute atomic E-state index is 12.7. The number of benzene rings is 2. The second-order valence-electron chi connectivity index (χ2n) is 7.19. The average molecular weight is 390 g/mol. The number of carbonyl (C=O) groups excluding carboxylic acids is 3. The normalized spacial score (nSPS) is 17.4. The zero-order chi connectivity index (χ0) is 20.4. The number of nitrogens with one attached hydrogen (secondary N) is 3. The van der Waals surface area contributed by atoms with Gasteiger partial charge in [-0.15, -0.1) is 0 Å². The van der Waals surface area contributed by atoms with E-state index < -0.39 is 12.1 Å². The average Bonchev–Trinajstić information content (AvgIpc) is 3.25. The molecule has 0 radical (unpaired) electrons. The zero-order valence-corrected chi connectivity index (χ0v) is 16.0. The maximum Gasteiger partial charge on any atom is 0.325 e. The summed E-state index contributed by atoms with van der Waals surface area (Å²) in [5, 5.41) is 6.54. The summed E-state index contributed by atoms with van der Waals surface area (Å²) in [4.78, 5) is 41.5. The number of para-hydroxylation sites is 1. The van der Waals surface area contributed by atoms with Gasteiger partial charge in [0.2, 0.25) is 5.91 Å². The number of urea groups is 1. The first-order valence-electron chi connectivity index (χ1n) is 9.54. The number of hydrogen-bond acceptors (Lipinski definition) is 3. The molecule has 0 unspecified atom stereocenters. The lowest BCUT2D eigenvalue weighted by Crippen LogP contribution is -2.42. The van der Waals surface area contributed by atoms with E-state index in [0.29, 0.717) is 6.42 Å². The van der Waals surface area contributed by atoms with Crippen molar-refractivity contribution in [2.45, 2.75) is 25.4 Å². The Labute approximate surface area is 168 Å². The summed E-state index contributed by atoms with van der Waals surface area (Å²) in [6.07, 6.45) is 2.22. The summed E-state index contributed by atoms with van der Waals surface area (Å²) >= 11 is 0. The molecule has 2 atom stereocenters. The highest BCUT2D eigenvalue weighted by molar-refractivity contribution is 6.06. The fraction of sp³-hybridized carbons (Fsp3) is 0.227. The van der Waals surface area contributed by atoms with E-state index in [1.807, 2.05) is 67.7 Å². The van der Waals surface area contributed by atoms with E-state index in [1.54, 1.807) is 0 Å². The fourth-order valence-electron chi connectivity index (χ4n) is 3.64. The summed E-state index contributed by atoms with van der Waals surface area (Å²) in [6, 6.07) is 15.9. The summed E-state index contributed by atoms with van der Waals surface area (Å²) in [5.74, 6) is -0.764. The number of H-pyrrole nitrogens is 1. The van der Waals surface area contributed by atoms with Crippen molar-refractivity contribution in [1.82, 2.24) is 20.5 Å². The molecule has 1 aromatic heterocycles. The lowest BCUT2D eigenvalue weighted by molar-refractivity contribution is -0.132. The van der Waals surface area contributed by atoms with Gasteiger partial charge in [-0.25, -0.2) is 4.79 Å². The zero-order valence-electron chi connectivity index (χ0n) is 16.0. The molecule has 148 valence electrons. The minimum Gasteiger partial charge on any atom is -0.361 e. The molecule has 1 aliphatic heterocycles. The van der Waals surface area contributed by atoms with Gasteiger partial charge in [-0.3, -0.25) is 14.5 Å². The van der Waals surface area contributed by atoms with Gasteiger partial charge in [-0.1, -0.05) is 48.5 Å². The van der Waals surface area contributed by atoms with Crippen LogP contribution in [0, 0.1) is 0 Å². The van der Waals surface area contributed by atoms with Gasteiger partial charge in [0, 0.05) is 23.5 Å². The number of fused-ring (bicyclic) bond motifs is 1. The van der Waals surface area contributed by atoms with E-state index in [2.05, 4.69) is 15.6 Å². The standard InChI is InChI=1S/C22H22N4O3/c1-14(15-7-3-2-4-8-15)24-20(27)13-26-21(28)19(25-22(26)29)11-16-12-23-18-10-6-5-9-17(16)18/h2-10,12,14,19,23H,11,13H2,1H3,(H,24,27)(H,25,29)/t14-,19-/m0/s1. The highest BCUT2D eigenvalue weighted by Gasteiger charge is 2.39. The Morgan fingerprint density at radius 3 is 2.62 bits per heavy atom. The second-order valence-corrected chi connectivity index (χ2v) is 7.19. The highest BCUT2D eigenvalue weighted by Crippen LogP contribution is 2.21. The van der Waals surface area contributed by atoms with Crippen molar-refractivity contribution in [3.8, 4) is 0 Å². The Hall–Kier alpha value is -3.61. The first-order valence-corrected chi connectivity index (χ1v) is 9.54. The Bertz CT molecular complexity index is 1060. The Morgan fingerprint density at radius 2 is 1.83 bits per heavy atom. The molecule has 0 aliphatic carbocycles. The highest BCUT2D eigenvalue weighted by atomic mass is 16.2. The monoisotopic (exact) mass is 390 g/mol. The van der Waals surface area contributed by atoms with Crippen LogP contribution < -0.4 is 10.6 Å². The molecule has 1 aliphatic rings. The van der Waals surface area contributed by atoms with Crippen LogP contribution in [0.3, 0.4) is 0 Å². The SMILES string of the molecule is C[C@H](NC(=O)CN1C(=O)N[C@@H](Cc2c[nH]c3ccccc23)C1=O)c1ccccc1. The van der Waals surface area contributed by atoms with Gasteiger partial charge in [-0.05, 0) is 24.1 Å². The summed E-state index contributed by atoms with van der Waals surface area (Å²) in [7, 11) is 0. The first kappa shape index (κ1) is 18.7. The molecular weight excluding hydrogens is 368 g/mol. The molecule has 7 heteroatoms. The third kappa shape index (κ3) is 3.85. The number of imide groups is 1. The molecule has 3 aromatic rings. The van der Waals surface area contributed by atoms with Crippen LogP contribution in [0.5, 0.6) is 0 Å². The number of aromatic nitrogens is 1. The predicted molar refractivity (Wildman–Crippen MR) is 109 cm³/mol. The molecule has 2 aromatic carbocycles. The van der Waals surface area contributed by atoms with Crippen LogP contribution in [0.15, 0.2) is 60.8 Å². The minimum atomic E-state index is -0.680. The van der Waals surface area contributed by atoms with Gasteiger partial charge in [0.15, 0.2) is 0 Å². The maximum atomic E-state index is 12.7. The molecular formula is C22H22N4O3. The number of carbonyl (C=O) groups is 3. The van der Waals surface area contributed by atoms with Crippen LogP contribution in [0.2, 0.25) is 0 Å². The first-order chi connectivity index (χ1) is 14.0. The molecule has 4 rings (SSSR count). The van der Waals surface area contributed by atoms with Gasteiger partial charge >= 0.3 is 6.03 Å². The van der Waals surface area contributed by atoms with Crippen molar-refractivity contribution in [3.63, 3.8) is 0 Å². The Kier molecular flexibility index (Phi) is 5.03. The fourth-order valence-corrected chi connectivity index (χ4v) is 3.64. The van der Waals surface area contributed by atoms with E-state index in [1.165, 1.54) is 0 Å². The number of rotatable bonds is 6. The molecule has 2 heterocycles. The molecule has 1 saturated heterocycles. The number of aromatic amines is 1. The number of nitrogens with zero attached hydrogens (tertiary/aromatic N) is 1. The summed E-state index contributed by atoms with van der Waals surface area (Å²) in [6.45, 7) is 1.56. The molecule has 3 N–H and O–H groups in total. The minimum absolute atomic E-state index is 0.216. The van der Waals surface area contributed by atoms with Crippen molar-refractivity contribution >= 4 is 28.7 Å². The number of amides is 4. The molecule has 7 nitrogen and oxygen atoms in total. The third-order valence-corrected chi connectivity index (χ3v) is 5.18. The molecule has 29 heavy (non-hydrogen) atoms. The molecule has 0 bridgehead atoms. The van der Waals surface area contributed by atoms with E-state index in [9.17, 15) is 14.4 Å². The van der Waals surface area contributed by atoms with Crippen LogP contribution in [0.25, 0.3) is 10.9 Å². The van der Waals surface area contributed by atoms with E-state index in [4.69, 9.17) is 0 Å². The Morgan fingerprint density at radius 1 is 1.10 bits per heavy atom. The van der Waals surface area contributed by atoms with Crippen LogP contribution in [-0.2, 0) is 16.0 Å². The smallest absolute Gasteiger partial charge is 0.325 e. The lowest BCUT2D eigenvalue weighted by Gasteiger charge is -2.17. The number of hydrogen-bond donors (Lipinski definition) is 3. The van der Waals surface area contributed by atoms with Crippen LogP contribution >= 0.6 is 0 Å². The van der Waals surface area contributed by atoms with Crippen molar-refractivity contribution in [3.05, 3.63) is 71.9 Å². The van der Waals surface area contributed by atoms with Gasteiger partial charge in [0.05, 0.1) is 6.04 Å². The van der Waals surface area contributed by atoms with Crippen LogP contribution in [-0.4, -0.2) is 40.3 Å². The van der Waals surface area contributed by atoms with Crippen molar-refractivity contribution in [1.29, 1.82) is 0 Å². The topological polar surface area (TPSA) is 94.3 Å². The van der Waals surface area contributed by atoms with Gasteiger partial charge in [0.25, 0.3) is 5.91 Å². The lowest BCUT2D eigenvalue weighted by atomic mass is 10.1. The molecule has 4 amide bonds. The third-order valence-electron chi connectivity index (χ3n) is 5.18. The molecule has 0 spiro atoms. The molecule has 0 saturated carbocycles.